The zero-order chi connectivity index (χ0) is 4.57. The number of hydrogen-bond acceptors (Lipinski definition) is 1. The Labute approximate surface area is 54.5 Å². The van der Waals surface area contributed by atoms with Gasteiger partial charge in [-0.3, -0.25) is 0 Å². The topological polar surface area (TPSA) is 3.01 Å². The summed E-state index contributed by atoms with van der Waals surface area (Å²) in [7, 11) is 1.16. The van der Waals surface area contributed by atoms with Crippen molar-refractivity contribution in [1.29, 1.82) is 0 Å². The fourth-order valence-electron chi connectivity index (χ4n) is 0.219. The van der Waals surface area contributed by atoms with Crippen molar-refractivity contribution in [3.05, 3.63) is 0 Å². The van der Waals surface area contributed by atoms with E-state index in [9.17, 15) is 0 Å². The van der Waals surface area contributed by atoms with Gasteiger partial charge in [-0.05, 0) is 0 Å². The van der Waals surface area contributed by atoms with Crippen LogP contribution in [-0.2, 0) is 0 Å². The SMILES string of the molecule is CPN1[I-]I1C. The standard InChI is InChI=1S/C2H7I2NP/c1-4-3-5(4)6-2/h6H,1-2H3/q-1. The molecule has 0 N–H and O–H groups in total. The number of hydrogen-bond donors (Lipinski definition) is 0. The Bertz CT molecular complexity index is 57.5. The van der Waals surface area contributed by atoms with E-state index in [1.165, 1.54) is 0 Å². The van der Waals surface area contributed by atoms with Crippen LogP contribution in [0.25, 0.3) is 0 Å². The molecule has 0 radical (unpaired) electrons. The van der Waals surface area contributed by atoms with E-state index >= 15 is 0 Å². The van der Waals surface area contributed by atoms with Crippen LogP contribution in [0.2, 0.25) is 0 Å². The van der Waals surface area contributed by atoms with E-state index in [1.807, 2.05) is 0 Å². The second kappa shape index (κ2) is 2.42. The zero-order valence-electron chi connectivity index (χ0n) is 3.70. The summed E-state index contributed by atoms with van der Waals surface area (Å²) in [6, 6.07) is 0. The van der Waals surface area contributed by atoms with E-state index in [0.717, 1.165) is 8.73 Å². The third-order valence-electron chi connectivity index (χ3n) is 0.509. The summed E-state index contributed by atoms with van der Waals surface area (Å²) < 4.78 is 2.71. The van der Waals surface area contributed by atoms with Crippen LogP contribution in [-0.4, -0.2) is 12.7 Å². The molecule has 1 rings (SSSR count). The molecular formula is C2H7I2NP-. The molecule has 0 aromatic heterocycles. The monoisotopic (exact) mass is 330 g/mol. The normalized spacial score (nSPS) is 40.3. The number of alkyl halides is 1. The third kappa shape index (κ3) is 1.42. The van der Waals surface area contributed by atoms with E-state index in [2.05, 4.69) is 12.7 Å². The Morgan fingerprint density at radius 1 is 1.83 bits per heavy atom. The molecule has 1 saturated heterocycles. The summed E-state index contributed by atoms with van der Waals surface area (Å²) in [6.07, 6.45) is 0. The average Bonchev–Trinajstić information content (AvgIpc) is 2.19. The predicted octanol–water partition coefficient (Wildman–Crippen LogP) is -1.50. The van der Waals surface area contributed by atoms with Crippen molar-refractivity contribution in [2.75, 3.05) is 11.6 Å². The van der Waals surface area contributed by atoms with E-state index < -0.39 is 0 Å². The van der Waals surface area contributed by atoms with Crippen molar-refractivity contribution in [1.82, 2.24) is 1.10 Å². The first kappa shape index (κ1) is 5.98. The number of nitrogens with zero attached hydrogens (tertiary/aromatic N) is 1. The van der Waals surface area contributed by atoms with Gasteiger partial charge in [0, 0.05) is 0 Å². The molecule has 1 nitrogen and oxygen atoms in total. The molecule has 40 valence electrons. The second-order valence-corrected chi connectivity index (χ2v) is 20.3. The van der Waals surface area contributed by atoms with Crippen molar-refractivity contribution in [2.45, 2.75) is 0 Å². The van der Waals surface area contributed by atoms with Gasteiger partial charge < -0.3 is 0 Å². The maximum atomic E-state index is 2.71. The second-order valence-electron chi connectivity index (χ2n) is 0.896. The minimum absolute atomic E-state index is 0.185. The van der Waals surface area contributed by atoms with Crippen LogP contribution in [0.5, 0.6) is 0 Å². The first-order valence-electron chi connectivity index (χ1n) is 1.58. The molecule has 0 spiro atoms. The Hall–Kier alpha value is 1.85. The van der Waals surface area contributed by atoms with Crippen LogP contribution >= 0.6 is 24.8 Å². The molecule has 2 unspecified atom stereocenters. The quantitative estimate of drug-likeness (QED) is 0.186. The molecule has 4 heteroatoms. The van der Waals surface area contributed by atoms with Crippen LogP contribution in [0.15, 0.2) is 0 Å². The molecule has 1 heterocycles. The molecular weight excluding hydrogens is 323 g/mol. The molecule has 0 bridgehead atoms. The number of halogens is 2. The first-order chi connectivity index (χ1) is 2.84. The van der Waals surface area contributed by atoms with Gasteiger partial charge in [0.25, 0.3) is 0 Å². The fraction of sp³-hybridized carbons (Fsp3) is 1.00. The van der Waals surface area contributed by atoms with Gasteiger partial charge in [-0.25, -0.2) is 0 Å². The van der Waals surface area contributed by atoms with Crippen LogP contribution in [0, 0.1) is 0 Å². The molecule has 6 heavy (non-hydrogen) atoms. The summed E-state index contributed by atoms with van der Waals surface area (Å²) in [5, 5.41) is 0. The van der Waals surface area contributed by atoms with Crippen molar-refractivity contribution >= 4 is 24.8 Å². The van der Waals surface area contributed by atoms with Crippen molar-refractivity contribution in [3.8, 4) is 0 Å². The van der Waals surface area contributed by atoms with E-state index in [-0.39, 0.29) is 16.1 Å². The van der Waals surface area contributed by atoms with Gasteiger partial charge in [-0.1, -0.05) is 0 Å². The predicted molar refractivity (Wildman–Crippen MR) is 36.0 cm³/mol. The van der Waals surface area contributed by atoms with Gasteiger partial charge in [-0.2, -0.15) is 0 Å². The van der Waals surface area contributed by atoms with Crippen molar-refractivity contribution in [3.63, 3.8) is 0 Å². The van der Waals surface area contributed by atoms with Gasteiger partial charge in [-0.15, -0.1) is 0 Å². The molecule has 0 aliphatic carbocycles. The van der Waals surface area contributed by atoms with Gasteiger partial charge in [0.05, 0.1) is 0 Å². The van der Waals surface area contributed by atoms with Gasteiger partial charge in [0.15, 0.2) is 0 Å². The van der Waals surface area contributed by atoms with E-state index in [4.69, 9.17) is 0 Å². The summed E-state index contributed by atoms with van der Waals surface area (Å²) >= 11 is 0.529. The van der Waals surface area contributed by atoms with Gasteiger partial charge in [0.2, 0.25) is 0 Å². The maximum absolute atomic E-state index is 2.71. The fourth-order valence-corrected chi connectivity index (χ4v) is 23.9. The van der Waals surface area contributed by atoms with Gasteiger partial charge in [0.1, 0.15) is 0 Å². The molecule has 0 saturated carbocycles. The van der Waals surface area contributed by atoms with Crippen LogP contribution < -0.4 is 17.5 Å². The molecule has 0 amide bonds. The summed E-state index contributed by atoms with van der Waals surface area (Å²) in [4.78, 5) is 2.47. The van der Waals surface area contributed by atoms with E-state index in [1.54, 1.807) is 0 Å². The average molecular weight is 330 g/mol. The van der Waals surface area contributed by atoms with Gasteiger partial charge >= 0.3 is 55.0 Å². The molecule has 2 atom stereocenters. The molecule has 1 aliphatic heterocycles. The van der Waals surface area contributed by atoms with Crippen LogP contribution in [0.4, 0.5) is 0 Å². The summed E-state index contributed by atoms with van der Waals surface area (Å²) in [6.45, 7) is 2.29. The van der Waals surface area contributed by atoms with Crippen molar-refractivity contribution < 1.29 is 17.5 Å². The summed E-state index contributed by atoms with van der Waals surface area (Å²) in [5.41, 5.74) is 0. The Morgan fingerprint density at radius 3 is 2.33 bits per heavy atom. The van der Waals surface area contributed by atoms with Crippen LogP contribution in [0.1, 0.15) is 0 Å². The molecule has 1 fully saturated rings. The van der Waals surface area contributed by atoms with Crippen LogP contribution in [0.3, 0.4) is 0 Å². The Morgan fingerprint density at radius 2 is 2.33 bits per heavy atom. The Kier molecular flexibility index (Phi) is 2.41. The first-order valence-corrected chi connectivity index (χ1v) is 13.4. The van der Waals surface area contributed by atoms with Crippen molar-refractivity contribution in [2.24, 2.45) is 0 Å². The number of rotatable bonds is 1. The summed E-state index contributed by atoms with van der Waals surface area (Å²) in [5.74, 6) is 0. The zero-order valence-corrected chi connectivity index (χ0v) is 9.02. The third-order valence-corrected chi connectivity index (χ3v) is 22.4. The van der Waals surface area contributed by atoms with E-state index in [0.29, 0.717) is 17.5 Å². The molecule has 0 aromatic rings. The minimum atomic E-state index is -0.185. The molecule has 0 aromatic carbocycles. The Balaban J connectivity index is 2.09. The molecule has 1 aliphatic rings.